The van der Waals surface area contributed by atoms with E-state index in [-0.39, 0.29) is 12.6 Å². The summed E-state index contributed by atoms with van der Waals surface area (Å²) in [6, 6.07) is 8.44. The van der Waals surface area contributed by atoms with E-state index in [4.69, 9.17) is 0 Å². The number of thiazole rings is 1. The summed E-state index contributed by atoms with van der Waals surface area (Å²) in [5.41, 5.74) is 1.08. The molecule has 3 rings (SSSR count). The molecule has 2 N–H and O–H groups in total. The first-order valence-electron chi connectivity index (χ1n) is 6.27. The number of aliphatic hydroxyl groups excluding tert-OH is 1. The molecule has 1 aliphatic heterocycles. The third kappa shape index (κ3) is 2.40. The van der Waals surface area contributed by atoms with Crippen LogP contribution in [0.2, 0.25) is 0 Å². The van der Waals surface area contributed by atoms with Crippen LogP contribution < -0.4 is 5.32 Å². The van der Waals surface area contributed by atoms with E-state index in [2.05, 4.69) is 27.3 Å². The van der Waals surface area contributed by atoms with Crippen LogP contribution in [0.15, 0.2) is 24.3 Å². The van der Waals surface area contributed by atoms with Gasteiger partial charge in [-0.25, -0.2) is 4.98 Å². The largest absolute Gasteiger partial charge is 0.395 e. The van der Waals surface area contributed by atoms with Crippen LogP contribution in [0, 0.1) is 0 Å². The minimum atomic E-state index is 0.206. The normalized spacial score (nSPS) is 21.5. The molecule has 4 nitrogen and oxygen atoms in total. The maximum Gasteiger partial charge on any atom is 0.108 e. The van der Waals surface area contributed by atoms with Gasteiger partial charge in [-0.1, -0.05) is 12.1 Å². The average molecular weight is 263 g/mol. The summed E-state index contributed by atoms with van der Waals surface area (Å²) in [4.78, 5) is 6.96. The number of nitrogens with zero attached hydrogens (tertiary/aromatic N) is 2. The zero-order valence-corrected chi connectivity index (χ0v) is 11.0. The third-order valence-electron chi connectivity index (χ3n) is 3.36. The molecule has 0 amide bonds. The van der Waals surface area contributed by atoms with Gasteiger partial charge in [-0.15, -0.1) is 11.3 Å². The zero-order valence-electron chi connectivity index (χ0n) is 10.2. The second-order valence-corrected chi connectivity index (χ2v) is 5.70. The predicted molar refractivity (Wildman–Crippen MR) is 73.8 cm³/mol. The maximum atomic E-state index is 9.38. The van der Waals surface area contributed by atoms with E-state index in [0.29, 0.717) is 0 Å². The van der Waals surface area contributed by atoms with Crippen molar-refractivity contribution in [2.45, 2.75) is 12.6 Å². The molecule has 0 spiro atoms. The lowest BCUT2D eigenvalue weighted by Gasteiger charge is -2.34. The molecule has 1 fully saturated rings. The summed E-state index contributed by atoms with van der Waals surface area (Å²) >= 11 is 1.75. The summed E-state index contributed by atoms with van der Waals surface area (Å²) in [5.74, 6) is 0. The monoisotopic (exact) mass is 263 g/mol. The van der Waals surface area contributed by atoms with Crippen molar-refractivity contribution in [1.82, 2.24) is 15.2 Å². The van der Waals surface area contributed by atoms with Crippen LogP contribution in [0.25, 0.3) is 10.2 Å². The van der Waals surface area contributed by atoms with Crippen molar-refractivity contribution in [1.29, 1.82) is 0 Å². The topological polar surface area (TPSA) is 48.4 Å². The Hall–Kier alpha value is -1.01. The number of nitrogens with one attached hydrogen (secondary N) is 1. The second-order valence-electron chi connectivity index (χ2n) is 4.59. The molecule has 2 heterocycles. The molecule has 0 aliphatic carbocycles. The summed E-state index contributed by atoms with van der Waals surface area (Å²) in [5, 5.41) is 13.8. The van der Waals surface area contributed by atoms with Crippen molar-refractivity contribution >= 4 is 21.6 Å². The maximum absolute atomic E-state index is 9.38. The number of hydrogen-bond donors (Lipinski definition) is 2. The van der Waals surface area contributed by atoms with Crippen LogP contribution in [-0.4, -0.2) is 47.3 Å². The van der Waals surface area contributed by atoms with Gasteiger partial charge in [-0.3, -0.25) is 4.90 Å². The number of para-hydroxylation sites is 1. The van der Waals surface area contributed by atoms with Gasteiger partial charge in [0.25, 0.3) is 0 Å². The molecule has 0 bridgehead atoms. The molecule has 1 aliphatic rings. The first-order chi connectivity index (χ1) is 8.86. The zero-order chi connectivity index (χ0) is 12.4. The molecule has 1 unspecified atom stereocenters. The molecule has 2 aromatic rings. The summed E-state index contributed by atoms with van der Waals surface area (Å²) in [6.07, 6.45) is 0. The fourth-order valence-electron chi connectivity index (χ4n) is 2.35. The lowest BCUT2D eigenvalue weighted by atomic mass is 10.2. The molecule has 0 radical (unpaired) electrons. The van der Waals surface area contributed by atoms with Gasteiger partial charge < -0.3 is 10.4 Å². The number of aromatic nitrogens is 1. The number of piperazine rings is 1. The first kappa shape index (κ1) is 12.0. The Balaban J connectivity index is 1.78. The highest BCUT2D eigenvalue weighted by Crippen LogP contribution is 2.23. The van der Waals surface area contributed by atoms with E-state index in [1.165, 1.54) is 4.70 Å². The average Bonchev–Trinajstić information content (AvgIpc) is 2.81. The highest BCUT2D eigenvalue weighted by molar-refractivity contribution is 7.18. The van der Waals surface area contributed by atoms with Gasteiger partial charge in [-0.2, -0.15) is 0 Å². The van der Waals surface area contributed by atoms with Crippen LogP contribution in [0.3, 0.4) is 0 Å². The molecule has 1 aromatic carbocycles. The highest BCUT2D eigenvalue weighted by atomic mass is 32.1. The fraction of sp³-hybridized carbons (Fsp3) is 0.462. The Labute approximate surface area is 110 Å². The van der Waals surface area contributed by atoms with Crippen LogP contribution in [0.5, 0.6) is 0 Å². The van der Waals surface area contributed by atoms with Gasteiger partial charge >= 0.3 is 0 Å². The van der Waals surface area contributed by atoms with E-state index >= 15 is 0 Å². The SMILES string of the molecule is OCC1CNCCN1Cc1nc2ccccc2s1. The van der Waals surface area contributed by atoms with E-state index < -0.39 is 0 Å². The number of hydrogen-bond acceptors (Lipinski definition) is 5. The van der Waals surface area contributed by atoms with Gasteiger partial charge in [0.05, 0.1) is 23.4 Å². The van der Waals surface area contributed by atoms with Crippen LogP contribution in [0.4, 0.5) is 0 Å². The molecule has 0 saturated carbocycles. The highest BCUT2D eigenvalue weighted by Gasteiger charge is 2.22. The first-order valence-corrected chi connectivity index (χ1v) is 7.08. The Kier molecular flexibility index (Phi) is 3.56. The van der Waals surface area contributed by atoms with E-state index in [0.717, 1.165) is 36.7 Å². The van der Waals surface area contributed by atoms with Gasteiger partial charge in [0.15, 0.2) is 0 Å². The van der Waals surface area contributed by atoms with Gasteiger partial charge in [-0.05, 0) is 12.1 Å². The van der Waals surface area contributed by atoms with Gasteiger partial charge in [0.1, 0.15) is 5.01 Å². The van der Waals surface area contributed by atoms with E-state index in [1.807, 2.05) is 12.1 Å². The quantitative estimate of drug-likeness (QED) is 0.869. The van der Waals surface area contributed by atoms with E-state index in [1.54, 1.807) is 11.3 Å². The molecular weight excluding hydrogens is 246 g/mol. The molecule has 1 saturated heterocycles. The number of fused-ring (bicyclic) bond motifs is 1. The molecular formula is C13H17N3OS. The predicted octanol–water partition coefficient (Wildman–Crippen LogP) is 1.06. The van der Waals surface area contributed by atoms with Crippen molar-refractivity contribution in [3.05, 3.63) is 29.3 Å². The Morgan fingerprint density at radius 1 is 1.44 bits per heavy atom. The summed E-state index contributed by atoms with van der Waals surface area (Å²) < 4.78 is 1.24. The van der Waals surface area contributed by atoms with Crippen molar-refractivity contribution in [3.8, 4) is 0 Å². The van der Waals surface area contributed by atoms with Gasteiger partial charge in [0.2, 0.25) is 0 Å². The Morgan fingerprint density at radius 2 is 2.33 bits per heavy atom. The van der Waals surface area contributed by atoms with Crippen molar-refractivity contribution in [3.63, 3.8) is 0 Å². The second kappa shape index (κ2) is 5.32. The lowest BCUT2D eigenvalue weighted by molar-refractivity contribution is 0.0945. The number of aliphatic hydroxyl groups is 1. The molecule has 5 heteroatoms. The summed E-state index contributed by atoms with van der Waals surface area (Å²) in [6.45, 7) is 3.87. The number of rotatable bonds is 3. The van der Waals surface area contributed by atoms with Crippen molar-refractivity contribution in [2.24, 2.45) is 0 Å². The minimum absolute atomic E-state index is 0.206. The lowest BCUT2D eigenvalue weighted by Crippen LogP contribution is -2.52. The molecule has 1 atom stereocenters. The van der Waals surface area contributed by atoms with Crippen LogP contribution >= 0.6 is 11.3 Å². The minimum Gasteiger partial charge on any atom is -0.395 e. The van der Waals surface area contributed by atoms with Crippen molar-refractivity contribution in [2.75, 3.05) is 26.2 Å². The standard InChI is InChI=1S/C13H17N3OS/c17-9-10-7-14-5-6-16(10)8-13-15-11-3-1-2-4-12(11)18-13/h1-4,10,14,17H,5-9H2. The van der Waals surface area contributed by atoms with E-state index in [9.17, 15) is 5.11 Å². The number of benzene rings is 1. The van der Waals surface area contributed by atoms with Gasteiger partial charge in [0, 0.05) is 25.7 Å². The smallest absolute Gasteiger partial charge is 0.108 e. The fourth-order valence-corrected chi connectivity index (χ4v) is 3.35. The van der Waals surface area contributed by atoms with Crippen molar-refractivity contribution < 1.29 is 5.11 Å². The molecule has 96 valence electrons. The molecule has 1 aromatic heterocycles. The Morgan fingerprint density at radius 3 is 3.17 bits per heavy atom. The summed E-state index contributed by atoms with van der Waals surface area (Å²) in [7, 11) is 0. The Bertz CT molecular complexity index is 495. The third-order valence-corrected chi connectivity index (χ3v) is 4.38. The van der Waals surface area contributed by atoms with Crippen LogP contribution in [0.1, 0.15) is 5.01 Å². The van der Waals surface area contributed by atoms with Crippen LogP contribution in [-0.2, 0) is 6.54 Å². The molecule has 18 heavy (non-hydrogen) atoms.